The molecule has 4 heteroatoms. The van der Waals surface area contributed by atoms with E-state index < -0.39 is 0 Å². The molecule has 2 rings (SSSR count). The molecule has 1 N–H and O–H groups in total. The molecule has 16 heavy (non-hydrogen) atoms. The van der Waals surface area contributed by atoms with Crippen LogP contribution in [0.4, 0.5) is 11.5 Å². The predicted octanol–water partition coefficient (Wildman–Crippen LogP) is 4.50. The summed E-state index contributed by atoms with van der Waals surface area (Å²) in [6.45, 7) is 2.05. The van der Waals surface area contributed by atoms with E-state index >= 15 is 0 Å². The van der Waals surface area contributed by atoms with Crippen molar-refractivity contribution in [3.05, 3.63) is 50.1 Å². The van der Waals surface area contributed by atoms with E-state index in [1.807, 2.05) is 37.4 Å². The summed E-state index contributed by atoms with van der Waals surface area (Å²) >= 11 is 5.74. The molecule has 2 nitrogen and oxygen atoms in total. The minimum Gasteiger partial charge on any atom is -0.339 e. The molecule has 0 atom stereocenters. The van der Waals surface area contributed by atoms with Crippen molar-refractivity contribution in [2.45, 2.75) is 6.92 Å². The monoisotopic (exact) mass is 388 g/mol. The van der Waals surface area contributed by atoms with E-state index in [4.69, 9.17) is 0 Å². The average Bonchev–Trinajstić information content (AvgIpc) is 2.27. The summed E-state index contributed by atoms with van der Waals surface area (Å²) in [6, 6.07) is 10.2. The van der Waals surface area contributed by atoms with E-state index in [1.165, 1.54) is 9.13 Å². The van der Waals surface area contributed by atoms with E-state index in [2.05, 4.69) is 54.9 Å². The first kappa shape index (κ1) is 11.9. The average molecular weight is 389 g/mol. The summed E-state index contributed by atoms with van der Waals surface area (Å²) in [4.78, 5) is 4.31. The molecule has 1 aromatic heterocycles. The molecule has 1 heterocycles. The van der Waals surface area contributed by atoms with Crippen molar-refractivity contribution in [2.24, 2.45) is 0 Å². The summed E-state index contributed by atoms with van der Waals surface area (Å²) in [7, 11) is 0. The molecule has 0 radical (unpaired) electrons. The fourth-order valence-electron chi connectivity index (χ4n) is 1.31. The van der Waals surface area contributed by atoms with Gasteiger partial charge in [-0.1, -0.05) is 12.1 Å². The van der Waals surface area contributed by atoms with E-state index in [1.54, 1.807) is 0 Å². The highest BCUT2D eigenvalue weighted by Gasteiger charge is 2.01. The Hall–Kier alpha value is -0.620. The Morgan fingerprint density at radius 3 is 2.75 bits per heavy atom. The summed E-state index contributed by atoms with van der Waals surface area (Å²) in [5, 5.41) is 3.30. The highest BCUT2D eigenvalue weighted by atomic mass is 127. The molecule has 0 aliphatic carbocycles. The predicted molar refractivity (Wildman–Crippen MR) is 79.1 cm³/mol. The second kappa shape index (κ2) is 5.14. The van der Waals surface area contributed by atoms with Crippen LogP contribution in [-0.4, -0.2) is 4.98 Å². The minimum atomic E-state index is 0.866. The molecular weight excluding hydrogens is 379 g/mol. The summed E-state index contributed by atoms with van der Waals surface area (Å²) in [5.41, 5.74) is 2.25. The zero-order chi connectivity index (χ0) is 11.5. The number of nitrogens with one attached hydrogen (secondary N) is 1. The van der Waals surface area contributed by atoms with Crippen molar-refractivity contribution >= 4 is 50.0 Å². The lowest BCUT2D eigenvalue weighted by Crippen LogP contribution is -1.95. The molecule has 0 aliphatic heterocycles. The molecule has 0 unspecified atom stereocenters. The summed E-state index contributed by atoms with van der Waals surface area (Å²) in [5.74, 6) is 0.866. The van der Waals surface area contributed by atoms with Gasteiger partial charge in [-0.05, 0) is 69.2 Å². The second-order valence-corrected chi connectivity index (χ2v) is 5.44. The van der Waals surface area contributed by atoms with Crippen LogP contribution >= 0.6 is 38.5 Å². The smallest absolute Gasteiger partial charge is 0.130 e. The van der Waals surface area contributed by atoms with E-state index in [-0.39, 0.29) is 0 Å². The third-order valence-electron chi connectivity index (χ3n) is 2.18. The molecule has 0 spiro atoms. The molecule has 82 valence electrons. The van der Waals surface area contributed by atoms with Crippen molar-refractivity contribution in [3.63, 3.8) is 0 Å². The second-order valence-electron chi connectivity index (χ2n) is 3.42. The van der Waals surface area contributed by atoms with Gasteiger partial charge in [0.25, 0.3) is 0 Å². The summed E-state index contributed by atoms with van der Waals surface area (Å²) in [6.07, 6.45) is 1.81. The van der Waals surface area contributed by atoms with Crippen LogP contribution in [0.25, 0.3) is 0 Å². The molecule has 0 bridgehead atoms. The van der Waals surface area contributed by atoms with Crippen molar-refractivity contribution in [3.8, 4) is 0 Å². The number of rotatable bonds is 2. The first-order valence-corrected chi connectivity index (χ1v) is 6.67. The van der Waals surface area contributed by atoms with Gasteiger partial charge in [0, 0.05) is 14.2 Å². The van der Waals surface area contributed by atoms with Gasteiger partial charge < -0.3 is 5.32 Å². The molecule has 0 amide bonds. The third kappa shape index (κ3) is 2.74. The van der Waals surface area contributed by atoms with Gasteiger partial charge in [-0.15, -0.1) is 0 Å². The number of aryl methyl sites for hydroxylation is 1. The Bertz CT molecular complexity index is 514. The van der Waals surface area contributed by atoms with Crippen molar-refractivity contribution in [2.75, 3.05) is 5.32 Å². The Morgan fingerprint density at radius 2 is 2.06 bits per heavy atom. The Morgan fingerprint density at radius 1 is 1.31 bits per heavy atom. The van der Waals surface area contributed by atoms with Gasteiger partial charge >= 0.3 is 0 Å². The quantitative estimate of drug-likeness (QED) is 0.766. The highest BCUT2D eigenvalue weighted by Crippen LogP contribution is 2.23. The van der Waals surface area contributed by atoms with E-state index in [9.17, 15) is 0 Å². The van der Waals surface area contributed by atoms with Gasteiger partial charge in [-0.3, -0.25) is 0 Å². The van der Waals surface area contributed by atoms with Gasteiger partial charge in [0.05, 0.1) is 5.69 Å². The molecule has 0 saturated heterocycles. The van der Waals surface area contributed by atoms with Crippen LogP contribution in [0.1, 0.15) is 5.56 Å². The number of nitrogens with zero attached hydrogens (tertiary/aromatic N) is 1. The first-order chi connectivity index (χ1) is 7.66. The first-order valence-electron chi connectivity index (χ1n) is 4.80. The van der Waals surface area contributed by atoms with Crippen molar-refractivity contribution in [1.29, 1.82) is 0 Å². The molecular formula is C12H10BrIN2. The standard InChI is InChI=1S/C12H10BrIN2/c1-8-6-12(15-7-9(8)13)16-11-5-3-2-4-10(11)14/h2-7H,1H3,(H,15,16). The van der Waals surface area contributed by atoms with Crippen LogP contribution < -0.4 is 5.32 Å². The van der Waals surface area contributed by atoms with Crippen LogP contribution in [-0.2, 0) is 0 Å². The maximum Gasteiger partial charge on any atom is 0.130 e. The van der Waals surface area contributed by atoms with Crippen LogP contribution in [0.15, 0.2) is 41.0 Å². The van der Waals surface area contributed by atoms with Gasteiger partial charge in [0.2, 0.25) is 0 Å². The number of anilines is 2. The van der Waals surface area contributed by atoms with Crippen LogP contribution in [0.5, 0.6) is 0 Å². The van der Waals surface area contributed by atoms with E-state index in [0.29, 0.717) is 0 Å². The zero-order valence-electron chi connectivity index (χ0n) is 8.67. The van der Waals surface area contributed by atoms with Crippen molar-refractivity contribution < 1.29 is 0 Å². The zero-order valence-corrected chi connectivity index (χ0v) is 12.4. The van der Waals surface area contributed by atoms with Gasteiger partial charge in [-0.2, -0.15) is 0 Å². The number of para-hydroxylation sites is 1. The largest absolute Gasteiger partial charge is 0.339 e. The number of benzene rings is 1. The fourth-order valence-corrected chi connectivity index (χ4v) is 2.05. The van der Waals surface area contributed by atoms with Crippen molar-refractivity contribution in [1.82, 2.24) is 4.98 Å². The molecule has 0 aliphatic rings. The van der Waals surface area contributed by atoms with Crippen LogP contribution in [0, 0.1) is 10.5 Å². The number of hydrogen-bond acceptors (Lipinski definition) is 2. The Kier molecular flexibility index (Phi) is 3.81. The molecule has 2 aromatic rings. The number of halogens is 2. The van der Waals surface area contributed by atoms with Gasteiger partial charge in [-0.25, -0.2) is 4.98 Å². The van der Waals surface area contributed by atoms with E-state index in [0.717, 1.165) is 16.0 Å². The highest BCUT2D eigenvalue weighted by molar-refractivity contribution is 14.1. The SMILES string of the molecule is Cc1cc(Nc2ccccc2I)ncc1Br. The maximum absolute atomic E-state index is 4.31. The lowest BCUT2D eigenvalue weighted by atomic mass is 10.3. The molecule has 1 aromatic carbocycles. The number of pyridine rings is 1. The van der Waals surface area contributed by atoms with Gasteiger partial charge in [0.1, 0.15) is 5.82 Å². The molecule has 0 fully saturated rings. The number of aromatic nitrogens is 1. The van der Waals surface area contributed by atoms with Crippen LogP contribution in [0.2, 0.25) is 0 Å². The Balaban J connectivity index is 2.28. The topological polar surface area (TPSA) is 24.9 Å². The lowest BCUT2D eigenvalue weighted by molar-refractivity contribution is 1.25. The van der Waals surface area contributed by atoms with Crippen LogP contribution in [0.3, 0.4) is 0 Å². The third-order valence-corrected chi connectivity index (χ3v) is 3.95. The maximum atomic E-state index is 4.31. The fraction of sp³-hybridized carbons (Fsp3) is 0.0833. The Labute approximate surface area is 117 Å². The van der Waals surface area contributed by atoms with Gasteiger partial charge in [0.15, 0.2) is 0 Å². The normalized spacial score (nSPS) is 10.2. The molecule has 0 saturated carbocycles. The summed E-state index contributed by atoms with van der Waals surface area (Å²) < 4.78 is 2.21. The number of hydrogen-bond donors (Lipinski definition) is 1. The lowest BCUT2D eigenvalue weighted by Gasteiger charge is -2.08. The minimum absolute atomic E-state index is 0.866.